The van der Waals surface area contributed by atoms with E-state index in [4.69, 9.17) is 10.5 Å². The van der Waals surface area contributed by atoms with Crippen molar-refractivity contribution in [1.29, 1.82) is 0 Å². The number of alkyl carbamates (subject to hydrolysis) is 1. The average molecular weight is 361 g/mol. The third kappa shape index (κ3) is 5.91. The molecule has 1 saturated heterocycles. The van der Waals surface area contributed by atoms with Crippen molar-refractivity contribution < 1.29 is 9.53 Å². The largest absolute Gasteiger partial charge is 0.444 e. The van der Waals surface area contributed by atoms with Crippen LogP contribution in [0.4, 0.5) is 16.6 Å². The second-order valence-corrected chi connectivity index (χ2v) is 6.89. The standard InChI is InChI=1S/C11H14N6.C6H13NO2/c12-11-14-9(8-3-4-13-16-8)7-10(15-11)17-5-1-2-6-17;1-6(2,3)9-5(8)7-4/h3-4,7H,1-2,5-6H2,(H,13,16)(H2,12,14,15);1-4H3,(H,7,8). The predicted molar refractivity (Wildman–Crippen MR) is 101 cm³/mol. The third-order valence-corrected chi connectivity index (χ3v) is 3.54. The molecule has 0 bridgehead atoms. The van der Waals surface area contributed by atoms with E-state index in [9.17, 15) is 4.79 Å². The smallest absolute Gasteiger partial charge is 0.407 e. The van der Waals surface area contributed by atoms with Gasteiger partial charge in [-0.2, -0.15) is 10.1 Å². The molecule has 3 heterocycles. The van der Waals surface area contributed by atoms with Crippen molar-refractivity contribution in [1.82, 2.24) is 25.5 Å². The summed E-state index contributed by atoms with van der Waals surface area (Å²) in [5.41, 5.74) is 7.01. The molecule has 1 aliphatic heterocycles. The molecular formula is C17H27N7O2. The molecule has 9 nitrogen and oxygen atoms in total. The van der Waals surface area contributed by atoms with Gasteiger partial charge in [0.1, 0.15) is 11.4 Å². The number of hydrogen-bond acceptors (Lipinski definition) is 7. The molecule has 0 aliphatic carbocycles. The second-order valence-electron chi connectivity index (χ2n) is 6.89. The first-order valence-corrected chi connectivity index (χ1v) is 8.58. The number of H-pyrrole nitrogens is 1. The molecule has 0 atom stereocenters. The normalized spacial score (nSPS) is 13.8. The Morgan fingerprint density at radius 3 is 2.50 bits per heavy atom. The quantitative estimate of drug-likeness (QED) is 0.749. The summed E-state index contributed by atoms with van der Waals surface area (Å²) in [4.78, 5) is 21.2. The number of carbonyl (C=O) groups is 1. The molecule has 4 N–H and O–H groups in total. The van der Waals surface area contributed by atoms with E-state index in [0.717, 1.165) is 30.3 Å². The summed E-state index contributed by atoms with van der Waals surface area (Å²) in [6.07, 6.45) is 3.73. The Bertz CT molecular complexity index is 704. The first-order chi connectivity index (χ1) is 12.3. The molecule has 0 spiro atoms. The molecule has 0 radical (unpaired) electrons. The van der Waals surface area contributed by atoms with Gasteiger partial charge in [-0.25, -0.2) is 9.78 Å². The molecule has 1 fully saturated rings. The fraction of sp³-hybridized carbons (Fsp3) is 0.529. The van der Waals surface area contributed by atoms with Crippen molar-refractivity contribution >= 4 is 17.9 Å². The van der Waals surface area contributed by atoms with E-state index in [1.54, 1.807) is 6.20 Å². The highest BCUT2D eigenvalue weighted by atomic mass is 16.6. The lowest BCUT2D eigenvalue weighted by Crippen LogP contribution is -2.30. The van der Waals surface area contributed by atoms with Gasteiger partial charge in [-0.05, 0) is 39.7 Å². The van der Waals surface area contributed by atoms with Crippen LogP contribution in [0.5, 0.6) is 0 Å². The summed E-state index contributed by atoms with van der Waals surface area (Å²) >= 11 is 0. The van der Waals surface area contributed by atoms with Crippen molar-refractivity contribution in [3.8, 4) is 11.4 Å². The number of aromatic amines is 1. The molecule has 3 rings (SSSR count). The first-order valence-electron chi connectivity index (χ1n) is 8.58. The average Bonchev–Trinajstić information content (AvgIpc) is 3.27. The van der Waals surface area contributed by atoms with E-state index in [2.05, 4.69) is 30.4 Å². The Hall–Kier alpha value is -2.84. The number of rotatable bonds is 2. The van der Waals surface area contributed by atoms with Gasteiger partial charge in [0, 0.05) is 32.4 Å². The molecule has 0 saturated carbocycles. The maximum absolute atomic E-state index is 10.5. The summed E-state index contributed by atoms with van der Waals surface area (Å²) in [6.45, 7) is 7.55. The van der Waals surface area contributed by atoms with Gasteiger partial charge in [0.05, 0.1) is 11.4 Å². The Kier molecular flexibility index (Phi) is 6.37. The Labute approximate surface area is 153 Å². The number of hydrogen-bond donors (Lipinski definition) is 3. The fourth-order valence-electron chi connectivity index (χ4n) is 2.43. The summed E-state index contributed by atoms with van der Waals surface area (Å²) in [7, 11) is 1.54. The van der Waals surface area contributed by atoms with E-state index < -0.39 is 0 Å². The van der Waals surface area contributed by atoms with Gasteiger partial charge >= 0.3 is 6.09 Å². The summed E-state index contributed by atoms with van der Waals surface area (Å²) in [5, 5.41) is 9.16. The highest BCUT2D eigenvalue weighted by molar-refractivity contribution is 5.67. The van der Waals surface area contributed by atoms with Crippen LogP contribution in [0.3, 0.4) is 0 Å². The molecule has 2 aromatic heterocycles. The highest BCUT2D eigenvalue weighted by Gasteiger charge is 2.16. The van der Waals surface area contributed by atoms with Gasteiger partial charge in [-0.3, -0.25) is 5.10 Å². The molecule has 0 unspecified atom stereocenters. The molecule has 2 aromatic rings. The van der Waals surface area contributed by atoms with Crippen LogP contribution in [0.25, 0.3) is 11.4 Å². The number of nitrogen functional groups attached to an aromatic ring is 1. The molecule has 9 heteroatoms. The lowest BCUT2D eigenvalue weighted by molar-refractivity contribution is 0.0541. The van der Waals surface area contributed by atoms with Crippen LogP contribution in [-0.4, -0.2) is 52.0 Å². The minimum absolute atomic E-state index is 0.305. The molecule has 142 valence electrons. The van der Waals surface area contributed by atoms with Crippen LogP contribution in [0.2, 0.25) is 0 Å². The third-order valence-electron chi connectivity index (χ3n) is 3.54. The zero-order valence-corrected chi connectivity index (χ0v) is 15.7. The number of nitrogens with one attached hydrogen (secondary N) is 2. The van der Waals surface area contributed by atoms with E-state index >= 15 is 0 Å². The first kappa shape index (κ1) is 19.5. The molecule has 1 amide bonds. The minimum atomic E-state index is -0.389. The van der Waals surface area contributed by atoms with Crippen molar-refractivity contribution in [3.05, 3.63) is 18.3 Å². The van der Waals surface area contributed by atoms with E-state index in [0.29, 0.717) is 5.95 Å². The zero-order chi connectivity index (χ0) is 19.2. The Morgan fingerprint density at radius 1 is 1.31 bits per heavy atom. The molecule has 26 heavy (non-hydrogen) atoms. The lowest BCUT2D eigenvalue weighted by atomic mass is 10.2. The van der Waals surface area contributed by atoms with Crippen LogP contribution < -0.4 is 16.0 Å². The van der Waals surface area contributed by atoms with Gasteiger partial charge in [0.25, 0.3) is 0 Å². The van der Waals surface area contributed by atoms with Crippen LogP contribution in [-0.2, 0) is 4.74 Å². The van der Waals surface area contributed by atoms with Crippen LogP contribution in [0, 0.1) is 0 Å². The number of anilines is 2. The van der Waals surface area contributed by atoms with Gasteiger partial charge in [-0.15, -0.1) is 0 Å². The van der Waals surface area contributed by atoms with E-state index in [-0.39, 0.29) is 11.7 Å². The number of nitrogens with zero attached hydrogens (tertiary/aromatic N) is 4. The van der Waals surface area contributed by atoms with Crippen molar-refractivity contribution in [2.75, 3.05) is 30.8 Å². The van der Waals surface area contributed by atoms with E-state index in [1.165, 1.54) is 19.9 Å². The van der Waals surface area contributed by atoms with Crippen LogP contribution in [0.15, 0.2) is 18.3 Å². The lowest BCUT2D eigenvalue weighted by Gasteiger charge is -2.18. The van der Waals surface area contributed by atoms with Gasteiger partial charge < -0.3 is 20.7 Å². The number of aromatic nitrogens is 4. The van der Waals surface area contributed by atoms with Crippen molar-refractivity contribution in [2.24, 2.45) is 0 Å². The maximum atomic E-state index is 10.5. The van der Waals surface area contributed by atoms with Crippen molar-refractivity contribution in [2.45, 2.75) is 39.2 Å². The molecular weight excluding hydrogens is 334 g/mol. The summed E-state index contributed by atoms with van der Waals surface area (Å²) in [6, 6.07) is 3.82. The molecule has 1 aliphatic rings. The summed E-state index contributed by atoms with van der Waals surface area (Å²) < 4.78 is 4.84. The monoisotopic (exact) mass is 361 g/mol. The Balaban J connectivity index is 0.000000232. The fourth-order valence-corrected chi connectivity index (χ4v) is 2.43. The highest BCUT2D eigenvalue weighted by Crippen LogP contribution is 2.23. The topological polar surface area (TPSA) is 122 Å². The molecule has 0 aromatic carbocycles. The number of nitrogens with two attached hydrogens (primary N) is 1. The SMILES string of the molecule is CNC(=O)OC(C)(C)C.Nc1nc(-c2ccn[nH]2)cc(N2CCCC2)n1. The minimum Gasteiger partial charge on any atom is -0.444 e. The number of ether oxygens (including phenoxy) is 1. The van der Waals surface area contributed by atoms with Gasteiger partial charge in [-0.1, -0.05) is 0 Å². The van der Waals surface area contributed by atoms with Gasteiger partial charge in [0.2, 0.25) is 5.95 Å². The Morgan fingerprint density at radius 2 is 2.00 bits per heavy atom. The van der Waals surface area contributed by atoms with Crippen LogP contribution >= 0.6 is 0 Å². The number of amides is 1. The summed E-state index contributed by atoms with van der Waals surface area (Å²) in [5.74, 6) is 1.21. The zero-order valence-electron chi connectivity index (χ0n) is 15.7. The van der Waals surface area contributed by atoms with Gasteiger partial charge in [0.15, 0.2) is 0 Å². The second kappa shape index (κ2) is 8.50. The van der Waals surface area contributed by atoms with E-state index in [1.807, 2.05) is 32.9 Å². The maximum Gasteiger partial charge on any atom is 0.407 e. The van der Waals surface area contributed by atoms with Crippen molar-refractivity contribution in [3.63, 3.8) is 0 Å². The van der Waals surface area contributed by atoms with Crippen LogP contribution in [0.1, 0.15) is 33.6 Å². The number of carbonyl (C=O) groups excluding carboxylic acids is 1. The predicted octanol–water partition coefficient (Wildman–Crippen LogP) is 2.19.